The number of halogens is 1. The van der Waals surface area contributed by atoms with E-state index in [4.69, 9.17) is 16.0 Å². The van der Waals surface area contributed by atoms with Crippen molar-refractivity contribution < 1.29 is 12.8 Å². The molecule has 0 atom stereocenters. The number of H-pyrrole nitrogens is 1. The van der Waals surface area contributed by atoms with Crippen molar-refractivity contribution in [3.63, 3.8) is 0 Å². The van der Waals surface area contributed by atoms with E-state index in [0.29, 0.717) is 21.0 Å². The van der Waals surface area contributed by atoms with Gasteiger partial charge in [0.05, 0.1) is 9.85 Å². The highest BCUT2D eigenvalue weighted by molar-refractivity contribution is 7.91. The Labute approximate surface area is 128 Å². The summed E-state index contributed by atoms with van der Waals surface area (Å²) in [6, 6.07) is 7.95. The van der Waals surface area contributed by atoms with Crippen LogP contribution < -0.4 is 10.5 Å². The van der Waals surface area contributed by atoms with E-state index in [1.165, 1.54) is 12.1 Å². The Balaban J connectivity index is 1.81. The summed E-state index contributed by atoms with van der Waals surface area (Å²) < 4.78 is 32.1. The number of benzene rings is 1. The first-order valence-electron chi connectivity index (χ1n) is 5.81. The number of aromatic amines is 1. The lowest BCUT2D eigenvalue weighted by Crippen LogP contribution is -2.22. The summed E-state index contributed by atoms with van der Waals surface area (Å²) in [6.07, 6.45) is 0. The minimum absolute atomic E-state index is 0.0860. The summed E-state index contributed by atoms with van der Waals surface area (Å²) in [5, 5.41) is 0. The molecule has 0 aliphatic rings. The van der Waals surface area contributed by atoms with Gasteiger partial charge in [0.15, 0.2) is 5.58 Å². The van der Waals surface area contributed by atoms with Gasteiger partial charge in [0.1, 0.15) is 4.21 Å². The molecule has 0 spiro atoms. The smallest absolute Gasteiger partial charge is 0.408 e. The van der Waals surface area contributed by atoms with Crippen molar-refractivity contribution in [3.05, 3.63) is 50.8 Å². The maximum atomic E-state index is 12.0. The number of fused-ring (bicyclic) bond motifs is 1. The Morgan fingerprint density at radius 2 is 2.10 bits per heavy atom. The van der Waals surface area contributed by atoms with Gasteiger partial charge < -0.3 is 4.42 Å². The summed E-state index contributed by atoms with van der Waals surface area (Å²) in [5.74, 6) is -0.545. The van der Waals surface area contributed by atoms with Crippen LogP contribution >= 0.6 is 22.9 Å². The average Bonchev–Trinajstić information content (AvgIpc) is 3.01. The summed E-state index contributed by atoms with van der Waals surface area (Å²) in [6.45, 7) is 0.0860. The first-order valence-corrected chi connectivity index (χ1v) is 8.48. The standard InChI is InChI=1S/C12H9ClN2O4S2/c13-10-3-4-11(20-10)21(17,18)14-6-7-1-2-8-9(5-7)19-12(16)15-8/h1-5,14H,6H2,(H,15,16). The molecule has 0 aliphatic carbocycles. The van der Waals surface area contributed by atoms with Gasteiger partial charge >= 0.3 is 5.76 Å². The van der Waals surface area contributed by atoms with Gasteiger partial charge in [0.2, 0.25) is 10.0 Å². The quantitative estimate of drug-likeness (QED) is 0.759. The minimum atomic E-state index is -3.60. The highest BCUT2D eigenvalue weighted by Crippen LogP contribution is 2.25. The number of aromatic nitrogens is 1. The number of sulfonamides is 1. The fourth-order valence-corrected chi connectivity index (χ4v) is 4.34. The van der Waals surface area contributed by atoms with Crippen LogP contribution in [-0.2, 0) is 16.6 Å². The lowest BCUT2D eigenvalue weighted by molar-refractivity contribution is 0.554. The molecule has 0 amide bonds. The Morgan fingerprint density at radius 3 is 2.81 bits per heavy atom. The molecule has 3 rings (SSSR count). The van der Waals surface area contributed by atoms with E-state index in [-0.39, 0.29) is 10.8 Å². The van der Waals surface area contributed by atoms with E-state index in [1.807, 2.05) is 0 Å². The van der Waals surface area contributed by atoms with Crippen LogP contribution in [0.1, 0.15) is 5.56 Å². The number of thiophene rings is 1. The minimum Gasteiger partial charge on any atom is -0.408 e. The van der Waals surface area contributed by atoms with Crippen molar-refractivity contribution in [1.29, 1.82) is 0 Å². The summed E-state index contributed by atoms with van der Waals surface area (Å²) >= 11 is 6.72. The second-order valence-electron chi connectivity index (χ2n) is 4.23. The number of hydrogen-bond donors (Lipinski definition) is 2. The molecule has 0 unspecified atom stereocenters. The number of oxazole rings is 1. The van der Waals surface area contributed by atoms with Crippen LogP contribution in [0.15, 0.2) is 43.8 Å². The molecule has 2 N–H and O–H groups in total. The third-order valence-electron chi connectivity index (χ3n) is 2.77. The molecule has 3 aromatic rings. The van der Waals surface area contributed by atoms with E-state index in [9.17, 15) is 13.2 Å². The number of hydrogen-bond acceptors (Lipinski definition) is 5. The molecule has 0 saturated heterocycles. The van der Waals surface area contributed by atoms with Crippen LogP contribution in [0.2, 0.25) is 4.34 Å². The fraction of sp³-hybridized carbons (Fsp3) is 0.0833. The highest BCUT2D eigenvalue weighted by atomic mass is 35.5. The Morgan fingerprint density at radius 1 is 1.29 bits per heavy atom. The first-order chi connectivity index (χ1) is 9.94. The van der Waals surface area contributed by atoms with E-state index in [1.54, 1.807) is 18.2 Å². The van der Waals surface area contributed by atoms with Crippen LogP contribution in [0.25, 0.3) is 11.1 Å². The Bertz CT molecular complexity index is 955. The molecule has 0 bridgehead atoms. The van der Waals surface area contributed by atoms with Crippen molar-refractivity contribution in [1.82, 2.24) is 9.71 Å². The van der Waals surface area contributed by atoms with Crippen LogP contribution in [0.4, 0.5) is 0 Å². The van der Waals surface area contributed by atoms with Gasteiger partial charge in [-0.25, -0.2) is 17.9 Å². The SMILES string of the molecule is O=c1[nH]c2ccc(CNS(=O)(=O)c3ccc(Cl)s3)cc2o1. The van der Waals surface area contributed by atoms with E-state index in [0.717, 1.165) is 11.3 Å². The Kier molecular flexibility index (Phi) is 3.62. The molecule has 1 aromatic carbocycles. The predicted molar refractivity (Wildman–Crippen MR) is 80.2 cm³/mol. The van der Waals surface area contributed by atoms with Gasteiger partial charge in [-0.05, 0) is 29.8 Å². The van der Waals surface area contributed by atoms with Crippen LogP contribution in [0.3, 0.4) is 0 Å². The van der Waals surface area contributed by atoms with E-state index in [2.05, 4.69) is 9.71 Å². The average molecular weight is 345 g/mol. The molecule has 0 radical (unpaired) electrons. The van der Waals surface area contributed by atoms with E-state index >= 15 is 0 Å². The number of nitrogens with one attached hydrogen (secondary N) is 2. The van der Waals surface area contributed by atoms with Gasteiger partial charge in [-0.2, -0.15) is 0 Å². The van der Waals surface area contributed by atoms with Crippen LogP contribution in [-0.4, -0.2) is 13.4 Å². The van der Waals surface area contributed by atoms with Crippen molar-refractivity contribution in [2.24, 2.45) is 0 Å². The van der Waals surface area contributed by atoms with Crippen molar-refractivity contribution in [2.45, 2.75) is 10.8 Å². The van der Waals surface area contributed by atoms with Gasteiger partial charge in [-0.15, -0.1) is 11.3 Å². The van der Waals surface area contributed by atoms with Gasteiger partial charge in [0, 0.05) is 6.54 Å². The second kappa shape index (κ2) is 5.30. The van der Waals surface area contributed by atoms with Gasteiger partial charge in [0.25, 0.3) is 0 Å². The second-order valence-corrected chi connectivity index (χ2v) is 7.94. The van der Waals surface area contributed by atoms with Crippen molar-refractivity contribution >= 4 is 44.1 Å². The number of rotatable bonds is 4. The Hall–Kier alpha value is -1.61. The molecule has 0 saturated carbocycles. The molecule has 2 heterocycles. The molecule has 2 aromatic heterocycles. The lowest BCUT2D eigenvalue weighted by Gasteiger charge is -2.04. The van der Waals surface area contributed by atoms with E-state index < -0.39 is 15.8 Å². The molecule has 0 fully saturated rings. The molecule has 0 aliphatic heterocycles. The summed E-state index contributed by atoms with van der Waals surface area (Å²) in [4.78, 5) is 13.6. The van der Waals surface area contributed by atoms with Gasteiger partial charge in [-0.3, -0.25) is 4.98 Å². The lowest BCUT2D eigenvalue weighted by atomic mass is 10.2. The molecule has 6 nitrogen and oxygen atoms in total. The molecule has 21 heavy (non-hydrogen) atoms. The summed E-state index contributed by atoms with van der Waals surface area (Å²) in [5.41, 5.74) is 1.63. The largest absolute Gasteiger partial charge is 0.417 e. The van der Waals surface area contributed by atoms with Crippen LogP contribution in [0, 0.1) is 0 Å². The third-order valence-corrected chi connectivity index (χ3v) is 5.89. The van der Waals surface area contributed by atoms with Crippen molar-refractivity contribution in [3.8, 4) is 0 Å². The maximum Gasteiger partial charge on any atom is 0.417 e. The monoisotopic (exact) mass is 344 g/mol. The predicted octanol–water partition coefficient (Wildman–Crippen LogP) is 2.31. The topological polar surface area (TPSA) is 92.2 Å². The van der Waals surface area contributed by atoms with Gasteiger partial charge in [-0.1, -0.05) is 17.7 Å². The third kappa shape index (κ3) is 3.03. The normalized spacial score (nSPS) is 12.0. The van der Waals surface area contributed by atoms with Crippen LogP contribution in [0.5, 0.6) is 0 Å². The molecular formula is C12H9ClN2O4S2. The zero-order valence-electron chi connectivity index (χ0n) is 10.4. The van der Waals surface area contributed by atoms with Crippen molar-refractivity contribution in [2.75, 3.05) is 0 Å². The summed E-state index contributed by atoms with van der Waals surface area (Å²) in [7, 11) is -3.60. The molecule has 9 heteroatoms. The fourth-order valence-electron chi connectivity index (χ4n) is 1.79. The molecule has 110 valence electrons. The first kappa shape index (κ1) is 14.3. The zero-order chi connectivity index (χ0) is 15.0. The highest BCUT2D eigenvalue weighted by Gasteiger charge is 2.16. The molecular weight excluding hydrogens is 336 g/mol. The maximum absolute atomic E-state index is 12.0. The zero-order valence-corrected chi connectivity index (χ0v) is 12.8.